The molecule has 2 atom stereocenters. The fourth-order valence-electron chi connectivity index (χ4n) is 2.44. The van der Waals surface area contributed by atoms with Gasteiger partial charge in [-0.1, -0.05) is 25.6 Å². The van der Waals surface area contributed by atoms with Gasteiger partial charge < -0.3 is 15.2 Å². The van der Waals surface area contributed by atoms with Crippen LogP contribution in [0.15, 0.2) is 0 Å². The Hall–Kier alpha value is -1.24. The Bertz CT molecular complexity index is 400. The number of hydrogen-bond acceptors (Lipinski definition) is 6. The largest absolute Gasteiger partial charge is 0.465 e. The highest BCUT2D eigenvalue weighted by molar-refractivity contribution is 8.13. The van der Waals surface area contributed by atoms with Crippen molar-refractivity contribution in [3.8, 4) is 0 Å². The van der Waals surface area contributed by atoms with E-state index in [0.717, 1.165) is 11.8 Å². The van der Waals surface area contributed by atoms with E-state index in [9.17, 15) is 9.59 Å². The first-order valence-electron chi connectivity index (χ1n) is 6.67. The zero-order valence-corrected chi connectivity index (χ0v) is 12.9. The van der Waals surface area contributed by atoms with Crippen LogP contribution in [0.5, 0.6) is 0 Å². The molecule has 0 aliphatic carbocycles. The van der Waals surface area contributed by atoms with Gasteiger partial charge in [0.15, 0.2) is 10.6 Å². The number of nitrogens with one attached hydrogen (secondary N) is 1. The first kappa shape index (κ1) is 16.8. The van der Waals surface area contributed by atoms with E-state index >= 15 is 0 Å². The standard InChI is InChI=1S/C13H22N2O4S/c1-4-18-10(16)13(5-8(2)3)6-9(19-11(13)17)7-20-12(14)15/h8-9H,4-7H2,1-3H3,(H3,14,15)/t9-,13-/m0/s1. The predicted molar refractivity (Wildman–Crippen MR) is 77.4 cm³/mol. The fourth-order valence-corrected chi connectivity index (χ4v) is 2.99. The van der Waals surface area contributed by atoms with Gasteiger partial charge in [-0.2, -0.15) is 0 Å². The Morgan fingerprint density at radius 1 is 1.65 bits per heavy atom. The minimum atomic E-state index is -1.20. The first-order chi connectivity index (χ1) is 9.31. The molecule has 0 aromatic rings. The van der Waals surface area contributed by atoms with E-state index in [1.807, 2.05) is 13.8 Å². The van der Waals surface area contributed by atoms with Gasteiger partial charge in [-0.15, -0.1) is 0 Å². The highest BCUT2D eigenvalue weighted by atomic mass is 32.2. The Labute approximate surface area is 123 Å². The second kappa shape index (κ2) is 6.97. The molecular formula is C13H22N2O4S. The Morgan fingerprint density at radius 3 is 2.80 bits per heavy atom. The average molecular weight is 302 g/mol. The molecule has 1 saturated heterocycles. The molecule has 1 aliphatic rings. The quantitative estimate of drug-likeness (QED) is 0.334. The number of ether oxygens (including phenoxy) is 2. The number of hydrogen-bond donors (Lipinski definition) is 2. The minimum absolute atomic E-state index is 0.0291. The summed E-state index contributed by atoms with van der Waals surface area (Å²) in [6, 6.07) is 0. The Kier molecular flexibility index (Phi) is 5.86. The molecule has 0 aromatic heterocycles. The topological polar surface area (TPSA) is 102 Å². The molecule has 114 valence electrons. The number of cyclic esters (lactones) is 1. The summed E-state index contributed by atoms with van der Waals surface area (Å²) in [5.74, 6) is -0.459. The smallest absolute Gasteiger partial charge is 0.323 e. The molecule has 0 radical (unpaired) electrons. The third-order valence-electron chi connectivity index (χ3n) is 3.09. The van der Waals surface area contributed by atoms with Gasteiger partial charge in [0.05, 0.1) is 6.61 Å². The van der Waals surface area contributed by atoms with Crippen molar-refractivity contribution >= 4 is 28.9 Å². The van der Waals surface area contributed by atoms with Gasteiger partial charge in [-0.25, -0.2) is 0 Å². The molecule has 1 rings (SSSR count). The Balaban J connectivity index is 2.85. The number of nitrogens with two attached hydrogens (primary N) is 1. The van der Waals surface area contributed by atoms with E-state index in [2.05, 4.69) is 0 Å². The summed E-state index contributed by atoms with van der Waals surface area (Å²) < 4.78 is 10.3. The molecule has 3 N–H and O–H groups in total. The van der Waals surface area contributed by atoms with Crippen molar-refractivity contribution in [3.05, 3.63) is 0 Å². The zero-order valence-electron chi connectivity index (χ0n) is 12.1. The maximum absolute atomic E-state index is 12.2. The first-order valence-corrected chi connectivity index (χ1v) is 7.65. The van der Waals surface area contributed by atoms with Crippen molar-refractivity contribution in [3.63, 3.8) is 0 Å². The third kappa shape index (κ3) is 3.88. The summed E-state index contributed by atoms with van der Waals surface area (Å²) in [6.45, 7) is 5.85. The monoisotopic (exact) mass is 302 g/mol. The molecule has 6 nitrogen and oxygen atoms in total. The fraction of sp³-hybridized carbons (Fsp3) is 0.769. The van der Waals surface area contributed by atoms with E-state index in [1.54, 1.807) is 6.92 Å². The summed E-state index contributed by atoms with van der Waals surface area (Å²) in [4.78, 5) is 24.4. The van der Waals surface area contributed by atoms with E-state index < -0.39 is 23.5 Å². The van der Waals surface area contributed by atoms with Crippen molar-refractivity contribution in [1.82, 2.24) is 0 Å². The van der Waals surface area contributed by atoms with Gasteiger partial charge in [0.2, 0.25) is 0 Å². The van der Waals surface area contributed by atoms with Crippen LogP contribution in [0.2, 0.25) is 0 Å². The van der Waals surface area contributed by atoms with Crippen molar-refractivity contribution in [2.45, 2.75) is 39.7 Å². The van der Waals surface area contributed by atoms with Crippen molar-refractivity contribution in [1.29, 1.82) is 5.41 Å². The molecule has 0 unspecified atom stereocenters. The van der Waals surface area contributed by atoms with E-state index in [0.29, 0.717) is 18.6 Å². The second-order valence-electron chi connectivity index (χ2n) is 5.31. The summed E-state index contributed by atoms with van der Waals surface area (Å²) in [5.41, 5.74) is 4.07. The molecule has 1 aliphatic heterocycles. The number of carbonyl (C=O) groups excluding carboxylic acids is 2. The lowest BCUT2D eigenvalue weighted by molar-refractivity contribution is -0.166. The van der Waals surface area contributed by atoms with Crippen molar-refractivity contribution in [2.75, 3.05) is 12.4 Å². The molecular weight excluding hydrogens is 280 g/mol. The van der Waals surface area contributed by atoms with Gasteiger partial charge in [-0.3, -0.25) is 15.0 Å². The number of thioether (sulfide) groups is 1. The molecule has 7 heteroatoms. The number of amidine groups is 1. The van der Waals surface area contributed by atoms with Crippen LogP contribution in [-0.4, -0.2) is 35.6 Å². The van der Waals surface area contributed by atoms with Crippen molar-refractivity contribution < 1.29 is 19.1 Å². The Morgan fingerprint density at radius 2 is 2.30 bits per heavy atom. The lowest BCUT2D eigenvalue weighted by Gasteiger charge is -2.24. The molecule has 0 bridgehead atoms. The van der Waals surface area contributed by atoms with Gasteiger partial charge in [-0.05, 0) is 19.3 Å². The van der Waals surface area contributed by atoms with Gasteiger partial charge in [0, 0.05) is 12.2 Å². The zero-order chi connectivity index (χ0) is 15.3. The summed E-state index contributed by atoms with van der Waals surface area (Å²) >= 11 is 1.11. The maximum atomic E-state index is 12.2. The van der Waals surface area contributed by atoms with E-state index in [1.165, 1.54) is 0 Å². The molecule has 0 spiro atoms. The SMILES string of the molecule is CCOC(=O)[C@]1(CC(C)C)C[C@@H](CSC(=N)N)OC1=O. The van der Waals surface area contributed by atoms with Gasteiger partial charge in [0.25, 0.3) is 0 Å². The van der Waals surface area contributed by atoms with Gasteiger partial charge >= 0.3 is 11.9 Å². The minimum Gasteiger partial charge on any atom is -0.465 e. The molecule has 0 aromatic carbocycles. The predicted octanol–water partition coefficient (Wildman–Crippen LogP) is 1.52. The number of rotatable bonds is 6. The molecule has 1 heterocycles. The lowest BCUT2D eigenvalue weighted by Crippen LogP contribution is -2.38. The summed E-state index contributed by atoms with van der Waals surface area (Å²) in [5, 5.41) is 7.15. The molecule has 20 heavy (non-hydrogen) atoms. The molecule has 0 amide bonds. The highest BCUT2D eigenvalue weighted by Crippen LogP contribution is 2.41. The normalized spacial score (nSPS) is 25.6. The van der Waals surface area contributed by atoms with Crippen LogP contribution in [-0.2, 0) is 19.1 Å². The lowest BCUT2D eigenvalue weighted by atomic mass is 9.77. The van der Waals surface area contributed by atoms with Crippen molar-refractivity contribution in [2.24, 2.45) is 17.1 Å². The van der Waals surface area contributed by atoms with E-state index in [4.69, 9.17) is 20.6 Å². The van der Waals surface area contributed by atoms with Crippen LogP contribution in [0.1, 0.15) is 33.6 Å². The number of carbonyl (C=O) groups is 2. The van der Waals surface area contributed by atoms with Crippen LogP contribution in [0.4, 0.5) is 0 Å². The third-order valence-corrected chi connectivity index (χ3v) is 3.94. The van der Waals surface area contributed by atoms with Crippen LogP contribution in [0, 0.1) is 16.7 Å². The summed E-state index contributed by atoms with van der Waals surface area (Å²) in [7, 11) is 0. The van der Waals surface area contributed by atoms with Crippen LogP contribution in [0.3, 0.4) is 0 Å². The van der Waals surface area contributed by atoms with Gasteiger partial charge in [0.1, 0.15) is 6.10 Å². The second-order valence-corrected chi connectivity index (χ2v) is 6.37. The molecule has 0 saturated carbocycles. The summed E-state index contributed by atoms with van der Waals surface area (Å²) in [6.07, 6.45) is 0.300. The average Bonchev–Trinajstić information content (AvgIpc) is 2.64. The van der Waals surface area contributed by atoms with E-state index in [-0.39, 0.29) is 17.7 Å². The van der Waals surface area contributed by atoms with Crippen LogP contribution < -0.4 is 5.73 Å². The maximum Gasteiger partial charge on any atom is 0.323 e. The number of esters is 2. The molecule has 1 fully saturated rings. The highest BCUT2D eigenvalue weighted by Gasteiger charge is 2.56. The van der Waals surface area contributed by atoms with Crippen LogP contribution >= 0.6 is 11.8 Å². The van der Waals surface area contributed by atoms with Crippen LogP contribution in [0.25, 0.3) is 0 Å².